The number of para-hydroxylation sites is 2. The molecule has 4 heteroatoms. The van der Waals surface area contributed by atoms with Gasteiger partial charge in [0.25, 0.3) is 0 Å². The van der Waals surface area contributed by atoms with Crippen LogP contribution in [0.5, 0.6) is 5.75 Å². The maximum Gasteiger partial charge on any atom is 0.128 e. The number of ether oxygens (including phenoxy) is 1. The van der Waals surface area contributed by atoms with E-state index >= 15 is 0 Å². The van der Waals surface area contributed by atoms with Gasteiger partial charge in [0.05, 0.1) is 30.3 Å². The van der Waals surface area contributed by atoms with Gasteiger partial charge in [-0.3, -0.25) is 0 Å². The molecular weight excluding hydrogens is 262 g/mol. The summed E-state index contributed by atoms with van der Waals surface area (Å²) in [6.07, 6.45) is 1.58. The zero-order chi connectivity index (χ0) is 14.7. The molecule has 3 rings (SSSR count). The fraction of sp³-hybridized carbons (Fsp3) is 0.0588. The molecule has 0 unspecified atom stereocenters. The lowest BCUT2D eigenvalue weighted by Crippen LogP contribution is -2.00. The summed E-state index contributed by atoms with van der Waals surface area (Å²) in [7, 11) is 1.62. The molecule has 1 heterocycles. The van der Waals surface area contributed by atoms with E-state index in [1.807, 2.05) is 54.6 Å². The molecule has 0 saturated carbocycles. The summed E-state index contributed by atoms with van der Waals surface area (Å²) < 4.78 is 7.17. The second-order valence-electron chi connectivity index (χ2n) is 4.47. The second kappa shape index (κ2) is 5.51. The van der Waals surface area contributed by atoms with Crippen LogP contribution < -0.4 is 4.74 Å². The lowest BCUT2D eigenvalue weighted by molar-refractivity contribution is 0.416. The van der Waals surface area contributed by atoms with Gasteiger partial charge >= 0.3 is 0 Å². The third-order valence-electron chi connectivity index (χ3n) is 3.25. The van der Waals surface area contributed by atoms with Crippen molar-refractivity contribution in [3.63, 3.8) is 0 Å². The third-order valence-corrected chi connectivity index (χ3v) is 3.25. The minimum atomic E-state index is 0.517. The average Bonchev–Trinajstić information content (AvgIpc) is 2.99. The Balaban J connectivity index is 2.27. The Hall–Kier alpha value is -3.06. The standard InChI is InChI=1S/C17H13N3O/c1-21-16-10-6-5-9-15(16)17-13(11-18)12-19-20(17)14-7-3-2-4-8-14/h2-10,12H,1H3. The van der Waals surface area contributed by atoms with E-state index in [2.05, 4.69) is 11.2 Å². The number of aromatic nitrogens is 2. The molecule has 0 saturated heterocycles. The number of hydrogen-bond acceptors (Lipinski definition) is 3. The lowest BCUT2D eigenvalue weighted by atomic mass is 10.1. The molecular formula is C17H13N3O. The summed E-state index contributed by atoms with van der Waals surface area (Å²) >= 11 is 0. The van der Waals surface area contributed by atoms with Crippen LogP contribution in [-0.2, 0) is 0 Å². The van der Waals surface area contributed by atoms with Crippen molar-refractivity contribution >= 4 is 0 Å². The van der Waals surface area contributed by atoms with E-state index in [9.17, 15) is 5.26 Å². The van der Waals surface area contributed by atoms with Crippen LogP contribution in [0.3, 0.4) is 0 Å². The molecule has 0 amide bonds. The quantitative estimate of drug-likeness (QED) is 0.736. The van der Waals surface area contributed by atoms with Crippen LogP contribution in [0.15, 0.2) is 60.8 Å². The van der Waals surface area contributed by atoms with Gasteiger partial charge in [-0.15, -0.1) is 0 Å². The highest BCUT2D eigenvalue weighted by atomic mass is 16.5. The van der Waals surface area contributed by atoms with E-state index in [0.717, 1.165) is 16.9 Å². The Kier molecular flexibility index (Phi) is 3.40. The van der Waals surface area contributed by atoms with E-state index in [1.165, 1.54) is 0 Å². The van der Waals surface area contributed by atoms with E-state index in [-0.39, 0.29) is 0 Å². The molecule has 21 heavy (non-hydrogen) atoms. The molecule has 3 aromatic rings. The van der Waals surface area contributed by atoms with Crippen molar-refractivity contribution < 1.29 is 4.74 Å². The Morgan fingerprint density at radius 3 is 2.48 bits per heavy atom. The molecule has 0 radical (unpaired) electrons. The highest BCUT2D eigenvalue weighted by molar-refractivity contribution is 5.74. The van der Waals surface area contributed by atoms with E-state index in [0.29, 0.717) is 11.3 Å². The van der Waals surface area contributed by atoms with Crippen LogP contribution in [0.25, 0.3) is 16.9 Å². The maximum absolute atomic E-state index is 9.36. The topological polar surface area (TPSA) is 50.8 Å². The van der Waals surface area contributed by atoms with E-state index < -0.39 is 0 Å². The van der Waals surface area contributed by atoms with Crippen LogP contribution >= 0.6 is 0 Å². The van der Waals surface area contributed by atoms with Gasteiger partial charge in [0.1, 0.15) is 11.8 Å². The first kappa shape index (κ1) is 12.9. The van der Waals surface area contributed by atoms with E-state index in [1.54, 1.807) is 18.0 Å². The Morgan fingerprint density at radius 2 is 1.76 bits per heavy atom. The van der Waals surface area contributed by atoms with Crippen LogP contribution in [0.2, 0.25) is 0 Å². The molecule has 0 spiro atoms. The molecule has 0 atom stereocenters. The van der Waals surface area contributed by atoms with Crippen molar-refractivity contribution in [1.82, 2.24) is 9.78 Å². The summed E-state index contributed by atoms with van der Waals surface area (Å²) in [5.74, 6) is 0.715. The van der Waals surface area contributed by atoms with Gasteiger partial charge in [-0.1, -0.05) is 30.3 Å². The normalized spacial score (nSPS) is 10.1. The van der Waals surface area contributed by atoms with Crippen molar-refractivity contribution in [3.05, 3.63) is 66.4 Å². The molecule has 2 aromatic carbocycles. The van der Waals surface area contributed by atoms with Crippen LogP contribution in [0.4, 0.5) is 0 Å². The number of methoxy groups -OCH3 is 1. The molecule has 0 aliphatic heterocycles. The average molecular weight is 275 g/mol. The second-order valence-corrected chi connectivity index (χ2v) is 4.47. The molecule has 0 aliphatic carbocycles. The van der Waals surface area contributed by atoms with Crippen molar-refractivity contribution in [2.45, 2.75) is 0 Å². The molecule has 0 fully saturated rings. The highest BCUT2D eigenvalue weighted by Gasteiger charge is 2.17. The van der Waals surface area contributed by atoms with Crippen LogP contribution in [0.1, 0.15) is 5.56 Å². The van der Waals surface area contributed by atoms with E-state index in [4.69, 9.17) is 4.74 Å². The van der Waals surface area contributed by atoms with Gasteiger partial charge in [-0.2, -0.15) is 10.4 Å². The maximum atomic E-state index is 9.36. The van der Waals surface area contributed by atoms with Gasteiger partial charge < -0.3 is 4.74 Å². The largest absolute Gasteiger partial charge is 0.496 e. The number of hydrogen-bond donors (Lipinski definition) is 0. The summed E-state index contributed by atoms with van der Waals surface area (Å²) in [5.41, 5.74) is 3.00. The zero-order valence-corrected chi connectivity index (χ0v) is 11.5. The highest BCUT2D eigenvalue weighted by Crippen LogP contribution is 2.33. The van der Waals surface area contributed by atoms with Crippen LogP contribution in [-0.4, -0.2) is 16.9 Å². The van der Waals surface area contributed by atoms with Gasteiger partial charge in [-0.25, -0.2) is 4.68 Å². The first-order valence-electron chi connectivity index (χ1n) is 6.52. The predicted molar refractivity (Wildman–Crippen MR) is 80.3 cm³/mol. The van der Waals surface area contributed by atoms with Gasteiger partial charge in [0.15, 0.2) is 0 Å². The summed E-state index contributed by atoms with van der Waals surface area (Å²) in [4.78, 5) is 0. The third kappa shape index (κ3) is 2.26. The molecule has 0 aliphatic rings. The smallest absolute Gasteiger partial charge is 0.128 e. The fourth-order valence-corrected chi connectivity index (χ4v) is 2.29. The molecule has 0 N–H and O–H groups in total. The van der Waals surface area contributed by atoms with Crippen molar-refractivity contribution in [3.8, 4) is 28.8 Å². The molecule has 1 aromatic heterocycles. The number of nitriles is 1. The Morgan fingerprint density at radius 1 is 1.05 bits per heavy atom. The SMILES string of the molecule is COc1ccccc1-c1c(C#N)cnn1-c1ccccc1. The number of benzene rings is 2. The van der Waals surface area contributed by atoms with Crippen molar-refractivity contribution in [2.75, 3.05) is 7.11 Å². The number of rotatable bonds is 3. The monoisotopic (exact) mass is 275 g/mol. The minimum absolute atomic E-state index is 0.517. The summed E-state index contributed by atoms with van der Waals surface area (Å²) in [6, 6.07) is 19.5. The first-order valence-corrected chi connectivity index (χ1v) is 6.52. The summed E-state index contributed by atoms with van der Waals surface area (Å²) in [6.45, 7) is 0. The Labute approximate surface area is 122 Å². The fourth-order valence-electron chi connectivity index (χ4n) is 2.29. The predicted octanol–water partition coefficient (Wildman–Crippen LogP) is 3.42. The molecule has 4 nitrogen and oxygen atoms in total. The van der Waals surface area contributed by atoms with Gasteiger partial charge in [0.2, 0.25) is 0 Å². The van der Waals surface area contributed by atoms with Crippen molar-refractivity contribution in [2.24, 2.45) is 0 Å². The molecule has 102 valence electrons. The van der Waals surface area contributed by atoms with Crippen molar-refractivity contribution in [1.29, 1.82) is 5.26 Å². The van der Waals surface area contributed by atoms with Gasteiger partial charge in [-0.05, 0) is 24.3 Å². The molecule has 0 bridgehead atoms. The Bertz CT molecular complexity index is 800. The first-order chi connectivity index (χ1) is 10.3. The number of nitrogens with zero attached hydrogens (tertiary/aromatic N) is 3. The minimum Gasteiger partial charge on any atom is -0.496 e. The van der Waals surface area contributed by atoms with Crippen LogP contribution in [0, 0.1) is 11.3 Å². The zero-order valence-electron chi connectivity index (χ0n) is 11.5. The van der Waals surface area contributed by atoms with Gasteiger partial charge in [0, 0.05) is 5.56 Å². The summed E-state index contributed by atoms with van der Waals surface area (Å²) in [5, 5.41) is 13.7. The lowest BCUT2D eigenvalue weighted by Gasteiger charge is -2.11.